The Balaban J connectivity index is 1.40. The van der Waals surface area contributed by atoms with Gasteiger partial charge in [-0.25, -0.2) is 9.97 Å². The maximum atomic E-state index is 4.57. The molecule has 0 saturated carbocycles. The average Bonchev–Trinajstić information content (AvgIpc) is 2.91. The maximum absolute atomic E-state index is 4.57. The van der Waals surface area contributed by atoms with Crippen molar-refractivity contribution in [2.24, 2.45) is 5.92 Å². The van der Waals surface area contributed by atoms with Crippen LogP contribution in [0.15, 0.2) is 42.9 Å². The van der Waals surface area contributed by atoms with Gasteiger partial charge in [-0.1, -0.05) is 18.2 Å². The normalized spacial score (nSPS) is 20.4. The highest BCUT2D eigenvalue weighted by molar-refractivity contribution is 5.47. The van der Waals surface area contributed by atoms with E-state index in [-0.39, 0.29) is 0 Å². The van der Waals surface area contributed by atoms with Gasteiger partial charge in [-0.15, -0.1) is 0 Å². The second-order valence-electron chi connectivity index (χ2n) is 7.27. The van der Waals surface area contributed by atoms with Crippen LogP contribution in [-0.4, -0.2) is 39.5 Å². The number of aromatic nitrogens is 3. The molecular formula is C21H27N5. The molecule has 2 aliphatic rings. The third kappa shape index (κ3) is 4.28. The summed E-state index contributed by atoms with van der Waals surface area (Å²) in [7, 11) is 0. The molecule has 5 nitrogen and oxygen atoms in total. The second kappa shape index (κ2) is 8.41. The summed E-state index contributed by atoms with van der Waals surface area (Å²) in [6, 6.07) is 5.99. The summed E-state index contributed by atoms with van der Waals surface area (Å²) in [4.78, 5) is 16.1. The van der Waals surface area contributed by atoms with E-state index in [2.05, 4.69) is 37.3 Å². The molecule has 2 aromatic heterocycles. The van der Waals surface area contributed by atoms with Gasteiger partial charge in [0.15, 0.2) is 0 Å². The van der Waals surface area contributed by atoms with E-state index in [9.17, 15) is 0 Å². The van der Waals surface area contributed by atoms with Gasteiger partial charge in [0, 0.05) is 37.8 Å². The molecule has 4 rings (SSSR count). The Kier molecular flexibility index (Phi) is 5.55. The molecule has 1 aliphatic carbocycles. The lowest BCUT2D eigenvalue weighted by Gasteiger charge is -2.26. The third-order valence-corrected chi connectivity index (χ3v) is 5.43. The van der Waals surface area contributed by atoms with E-state index in [0.29, 0.717) is 6.54 Å². The highest BCUT2D eigenvalue weighted by atomic mass is 15.1. The Morgan fingerprint density at radius 1 is 1.08 bits per heavy atom. The Labute approximate surface area is 155 Å². The molecule has 5 heteroatoms. The zero-order valence-corrected chi connectivity index (χ0v) is 15.3. The van der Waals surface area contributed by atoms with Crippen molar-refractivity contribution in [3.63, 3.8) is 0 Å². The van der Waals surface area contributed by atoms with Crippen LogP contribution >= 0.6 is 0 Å². The fourth-order valence-electron chi connectivity index (χ4n) is 3.97. The Morgan fingerprint density at radius 3 is 2.88 bits per heavy atom. The number of pyridine rings is 1. The summed E-state index contributed by atoms with van der Waals surface area (Å²) < 4.78 is 0. The van der Waals surface area contributed by atoms with Crippen LogP contribution in [0.2, 0.25) is 0 Å². The van der Waals surface area contributed by atoms with E-state index in [1.807, 2.05) is 24.4 Å². The Morgan fingerprint density at radius 2 is 2.04 bits per heavy atom. The molecule has 2 aromatic rings. The minimum atomic E-state index is 0.697. The predicted molar refractivity (Wildman–Crippen MR) is 104 cm³/mol. The van der Waals surface area contributed by atoms with Crippen molar-refractivity contribution < 1.29 is 0 Å². The summed E-state index contributed by atoms with van der Waals surface area (Å²) in [5.41, 5.74) is 3.52. The second-order valence-corrected chi connectivity index (χ2v) is 7.27. The molecule has 1 atom stereocenters. The van der Waals surface area contributed by atoms with Crippen LogP contribution in [0, 0.1) is 5.92 Å². The zero-order chi connectivity index (χ0) is 17.6. The number of fused-ring (bicyclic) bond motifs is 1. The molecule has 0 saturated heterocycles. The van der Waals surface area contributed by atoms with Crippen molar-refractivity contribution in [2.75, 3.05) is 25.0 Å². The molecule has 0 amide bonds. The topological polar surface area (TPSA) is 53.9 Å². The molecule has 1 aliphatic heterocycles. The van der Waals surface area contributed by atoms with Crippen LogP contribution in [-0.2, 0) is 19.4 Å². The predicted octanol–water partition coefficient (Wildman–Crippen LogP) is 3.24. The summed E-state index contributed by atoms with van der Waals surface area (Å²) in [5, 5.41) is 3.47. The van der Waals surface area contributed by atoms with Gasteiger partial charge in [-0.3, -0.25) is 4.98 Å². The van der Waals surface area contributed by atoms with E-state index in [4.69, 9.17) is 0 Å². The SMILES string of the molecule is C1=CC[C@@H](CN2CCc3ncnc(NCc4ccccn4)c3CC2)CC1. The molecule has 136 valence electrons. The van der Waals surface area contributed by atoms with E-state index in [1.165, 1.54) is 37.1 Å². The number of allylic oxidation sites excluding steroid dienone is 2. The first-order chi connectivity index (χ1) is 12.9. The van der Waals surface area contributed by atoms with E-state index >= 15 is 0 Å². The largest absolute Gasteiger partial charge is 0.364 e. The van der Waals surface area contributed by atoms with Gasteiger partial charge in [-0.2, -0.15) is 0 Å². The Bertz CT molecular complexity index is 743. The fraction of sp³-hybridized carbons (Fsp3) is 0.476. The minimum Gasteiger partial charge on any atom is -0.364 e. The summed E-state index contributed by atoms with van der Waals surface area (Å²) >= 11 is 0. The molecule has 3 heterocycles. The molecule has 0 fully saturated rings. The van der Waals surface area contributed by atoms with Gasteiger partial charge in [-0.05, 0) is 43.7 Å². The highest BCUT2D eigenvalue weighted by Crippen LogP contribution is 2.24. The van der Waals surface area contributed by atoms with Crippen molar-refractivity contribution in [1.82, 2.24) is 19.9 Å². The first-order valence-electron chi connectivity index (χ1n) is 9.72. The quantitative estimate of drug-likeness (QED) is 0.840. The van der Waals surface area contributed by atoms with Gasteiger partial charge < -0.3 is 10.2 Å². The zero-order valence-electron chi connectivity index (χ0n) is 15.3. The molecule has 1 N–H and O–H groups in total. The van der Waals surface area contributed by atoms with Crippen LogP contribution in [0.25, 0.3) is 0 Å². The number of nitrogens with one attached hydrogen (secondary N) is 1. The van der Waals surface area contributed by atoms with Crippen molar-refractivity contribution in [2.45, 2.75) is 38.6 Å². The monoisotopic (exact) mass is 349 g/mol. The molecule has 0 bridgehead atoms. The van der Waals surface area contributed by atoms with E-state index in [0.717, 1.165) is 43.4 Å². The molecule has 0 spiro atoms. The summed E-state index contributed by atoms with van der Waals surface area (Å²) in [6.45, 7) is 4.10. The first kappa shape index (κ1) is 17.2. The smallest absolute Gasteiger partial charge is 0.133 e. The van der Waals surface area contributed by atoms with Gasteiger partial charge >= 0.3 is 0 Å². The molecule has 0 aromatic carbocycles. The molecule has 0 unspecified atom stereocenters. The van der Waals surface area contributed by atoms with E-state index in [1.54, 1.807) is 6.33 Å². The third-order valence-electron chi connectivity index (χ3n) is 5.43. The van der Waals surface area contributed by atoms with Crippen LogP contribution in [0.1, 0.15) is 36.2 Å². The van der Waals surface area contributed by atoms with Crippen LogP contribution in [0.5, 0.6) is 0 Å². The number of hydrogen-bond acceptors (Lipinski definition) is 5. The van der Waals surface area contributed by atoms with Gasteiger partial charge in [0.05, 0.1) is 17.9 Å². The van der Waals surface area contributed by atoms with E-state index < -0.39 is 0 Å². The number of rotatable bonds is 5. The van der Waals surface area contributed by atoms with Crippen molar-refractivity contribution >= 4 is 5.82 Å². The van der Waals surface area contributed by atoms with Gasteiger partial charge in [0.2, 0.25) is 0 Å². The lowest BCUT2D eigenvalue weighted by molar-refractivity contribution is 0.231. The fourth-order valence-corrected chi connectivity index (χ4v) is 3.97. The van der Waals surface area contributed by atoms with Crippen LogP contribution in [0.4, 0.5) is 5.82 Å². The first-order valence-corrected chi connectivity index (χ1v) is 9.72. The van der Waals surface area contributed by atoms with Crippen molar-refractivity contribution in [3.8, 4) is 0 Å². The molecule has 26 heavy (non-hydrogen) atoms. The summed E-state index contributed by atoms with van der Waals surface area (Å²) in [6.07, 6.45) is 14.0. The minimum absolute atomic E-state index is 0.697. The van der Waals surface area contributed by atoms with Crippen molar-refractivity contribution in [1.29, 1.82) is 0 Å². The molecule has 0 radical (unpaired) electrons. The Hall–Kier alpha value is -2.27. The maximum Gasteiger partial charge on any atom is 0.133 e. The standard InChI is InChI=1S/C21H27N5/c1-2-6-17(7-3-1)15-26-12-9-19-20(10-13-26)24-16-25-21(19)23-14-18-8-4-5-11-22-18/h1-2,4-5,8,11,16-17H,3,6-7,9-10,12-15H2,(H,23,24,25)/t17-/m1/s1. The number of anilines is 1. The lowest BCUT2D eigenvalue weighted by Crippen LogP contribution is -2.32. The summed E-state index contributed by atoms with van der Waals surface area (Å²) in [5.74, 6) is 1.79. The highest BCUT2D eigenvalue weighted by Gasteiger charge is 2.21. The average molecular weight is 349 g/mol. The lowest BCUT2D eigenvalue weighted by atomic mass is 9.94. The van der Waals surface area contributed by atoms with Crippen LogP contribution in [0.3, 0.4) is 0 Å². The van der Waals surface area contributed by atoms with Gasteiger partial charge in [0.25, 0.3) is 0 Å². The molecular weight excluding hydrogens is 322 g/mol. The number of nitrogens with zero attached hydrogens (tertiary/aromatic N) is 4. The van der Waals surface area contributed by atoms with Crippen molar-refractivity contribution in [3.05, 3.63) is 59.8 Å². The van der Waals surface area contributed by atoms with Crippen LogP contribution < -0.4 is 5.32 Å². The van der Waals surface area contributed by atoms with Gasteiger partial charge in [0.1, 0.15) is 12.1 Å². The number of hydrogen-bond donors (Lipinski definition) is 1.